The van der Waals surface area contributed by atoms with Crippen LogP contribution >= 0.6 is 11.6 Å². The van der Waals surface area contributed by atoms with Crippen molar-refractivity contribution in [1.82, 2.24) is 5.32 Å². The lowest BCUT2D eigenvalue weighted by Gasteiger charge is -2.12. The lowest BCUT2D eigenvalue weighted by Crippen LogP contribution is -2.28. The van der Waals surface area contributed by atoms with Crippen LogP contribution in [0.15, 0.2) is 12.1 Å². The molecule has 0 heterocycles. The molecular weight excluding hydrogens is 241 g/mol. The monoisotopic (exact) mass is 259 g/mol. The van der Waals surface area contributed by atoms with Gasteiger partial charge in [0.2, 0.25) is 0 Å². The Morgan fingerprint density at radius 1 is 1.47 bits per heavy atom. The van der Waals surface area contributed by atoms with Crippen LogP contribution in [0, 0.1) is 12.7 Å². The molecule has 17 heavy (non-hydrogen) atoms. The smallest absolute Gasteiger partial charge is 0.144 e. The summed E-state index contributed by atoms with van der Waals surface area (Å²) in [5.74, 6) is -0.334. The molecular formula is C13H19ClFNO. The van der Waals surface area contributed by atoms with E-state index in [1.54, 1.807) is 13.0 Å². The number of halogens is 2. The van der Waals surface area contributed by atoms with E-state index >= 15 is 0 Å². The van der Waals surface area contributed by atoms with Gasteiger partial charge in [0.05, 0.1) is 11.6 Å². The van der Waals surface area contributed by atoms with Gasteiger partial charge in [0.25, 0.3) is 0 Å². The van der Waals surface area contributed by atoms with Crippen LogP contribution < -0.4 is 5.32 Å². The SMILES string of the molecule is CN[C@@H](CO)CCCc1cc(C)c(F)c(Cl)c1. The summed E-state index contributed by atoms with van der Waals surface area (Å²) in [6.45, 7) is 1.86. The number of hydrogen-bond acceptors (Lipinski definition) is 2. The highest BCUT2D eigenvalue weighted by molar-refractivity contribution is 6.30. The van der Waals surface area contributed by atoms with Gasteiger partial charge in [-0.1, -0.05) is 17.7 Å². The second-order valence-corrected chi connectivity index (χ2v) is 4.68. The van der Waals surface area contributed by atoms with E-state index in [0.717, 1.165) is 24.8 Å². The summed E-state index contributed by atoms with van der Waals surface area (Å²) in [6, 6.07) is 3.64. The first-order chi connectivity index (χ1) is 8.08. The molecule has 0 aliphatic rings. The highest BCUT2D eigenvalue weighted by Gasteiger charge is 2.07. The van der Waals surface area contributed by atoms with Gasteiger partial charge in [0.1, 0.15) is 5.82 Å². The van der Waals surface area contributed by atoms with Crippen LogP contribution in [0.5, 0.6) is 0 Å². The number of aliphatic hydroxyl groups is 1. The van der Waals surface area contributed by atoms with Crippen LogP contribution in [-0.2, 0) is 6.42 Å². The van der Waals surface area contributed by atoms with Crippen LogP contribution in [0.1, 0.15) is 24.0 Å². The normalized spacial score (nSPS) is 12.8. The maximum atomic E-state index is 13.3. The molecule has 0 saturated carbocycles. The van der Waals surface area contributed by atoms with Crippen molar-refractivity contribution in [1.29, 1.82) is 0 Å². The zero-order chi connectivity index (χ0) is 12.8. The van der Waals surface area contributed by atoms with Gasteiger partial charge >= 0.3 is 0 Å². The molecule has 0 saturated heterocycles. The minimum atomic E-state index is -0.334. The third-order valence-corrected chi connectivity index (χ3v) is 3.19. The van der Waals surface area contributed by atoms with E-state index in [2.05, 4.69) is 5.32 Å². The molecule has 1 atom stereocenters. The van der Waals surface area contributed by atoms with Gasteiger partial charge in [-0.05, 0) is 50.4 Å². The first kappa shape index (κ1) is 14.4. The van der Waals surface area contributed by atoms with Crippen LogP contribution in [-0.4, -0.2) is 24.8 Å². The van der Waals surface area contributed by atoms with Crippen molar-refractivity contribution < 1.29 is 9.50 Å². The zero-order valence-electron chi connectivity index (χ0n) is 10.3. The second-order valence-electron chi connectivity index (χ2n) is 4.27. The largest absolute Gasteiger partial charge is 0.395 e. The molecule has 1 rings (SSSR count). The van der Waals surface area contributed by atoms with Gasteiger partial charge in [-0.25, -0.2) is 4.39 Å². The average molecular weight is 260 g/mol. The second kappa shape index (κ2) is 6.94. The standard InChI is InChI=1S/C13H19ClFNO/c1-9-6-10(7-12(14)13(9)15)4-3-5-11(8-17)16-2/h6-7,11,16-17H,3-5,8H2,1-2H3/t11-/m1/s1. The van der Waals surface area contributed by atoms with E-state index in [9.17, 15) is 4.39 Å². The minimum absolute atomic E-state index is 0.131. The molecule has 1 aromatic carbocycles. The van der Waals surface area contributed by atoms with Crippen molar-refractivity contribution >= 4 is 11.6 Å². The Morgan fingerprint density at radius 2 is 2.18 bits per heavy atom. The molecule has 0 radical (unpaired) electrons. The number of rotatable bonds is 6. The number of hydrogen-bond donors (Lipinski definition) is 2. The summed E-state index contributed by atoms with van der Waals surface area (Å²) in [5.41, 5.74) is 1.63. The van der Waals surface area contributed by atoms with Crippen molar-refractivity contribution in [3.8, 4) is 0 Å². The number of nitrogens with one attached hydrogen (secondary N) is 1. The maximum Gasteiger partial charge on any atom is 0.144 e. The van der Waals surface area contributed by atoms with Crippen molar-refractivity contribution in [2.45, 2.75) is 32.2 Å². The van der Waals surface area contributed by atoms with Gasteiger partial charge in [-0.15, -0.1) is 0 Å². The minimum Gasteiger partial charge on any atom is -0.395 e. The fourth-order valence-corrected chi connectivity index (χ4v) is 2.11. The third kappa shape index (κ3) is 4.26. The lowest BCUT2D eigenvalue weighted by molar-refractivity contribution is 0.240. The molecule has 0 unspecified atom stereocenters. The Morgan fingerprint density at radius 3 is 2.71 bits per heavy atom. The highest BCUT2D eigenvalue weighted by Crippen LogP contribution is 2.21. The molecule has 0 aliphatic heterocycles. The van der Waals surface area contributed by atoms with Gasteiger partial charge in [0, 0.05) is 6.04 Å². The fraction of sp³-hybridized carbons (Fsp3) is 0.538. The van der Waals surface area contributed by atoms with E-state index in [0.29, 0.717) is 5.56 Å². The van der Waals surface area contributed by atoms with Crippen LogP contribution in [0.4, 0.5) is 4.39 Å². The molecule has 0 aromatic heterocycles. The predicted octanol–water partition coefficient (Wildman–Crippen LogP) is 2.69. The van der Waals surface area contributed by atoms with Crippen LogP contribution in [0.25, 0.3) is 0 Å². The van der Waals surface area contributed by atoms with Crippen molar-refractivity contribution in [3.63, 3.8) is 0 Å². The van der Waals surface area contributed by atoms with E-state index in [4.69, 9.17) is 16.7 Å². The Balaban J connectivity index is 2.52. The first-order valence-corrected chi connectivity index (χ1v) is 6.19. The van der Waals surface area contributed by atoms with Gasteiger partial charge in [-0.2, -0.15) is 0 Å². The van der Waals surface area contributed by atoms with Crippen LogP contribution in [0.3, 0.4) is 0 Å². The van der Waals surface area contributed by atoms with E-state index in [1.807, 2.05) is 13.1 Å². The van der Waals surface area contributed by atoms with Gasteiger partial charge in [-0.3, -0.25) is 0 Å². The summed E-state index contributed by atoms with van der Waals surface area (Å²) < 4.78 is 13.3. The Labute approximate surface area is 107 Å². The lowest BCUT2D eigenvalue weighted by atomic mass is 10.0. The Bertz CT molecular complexity index is 343. The molecule has 0 bridgehead atoms. The van der Waals surface area contributed by atoms with Crippen molar-refractivity contribution in [2.24, 2.45) is 0 Å². The highest BCUT2D eigenvalue weighted by atomic mass is 35.5. The molecule has 0 amide bonds. The average Bonchev–Trinajstić information content (AvgIpc) is 2.31. The van der Waals surface area contributed by atoms with E-state index in [1.165, 1.54) is 0 Å². The van der Waals surface area contributed by atoms with Crippen LogP contribution in [0.2, 0.25) is 5.02 Å². The molecule has 2 nitrogen and oxygen atoms in total. The van der Waals surface area contributed by atoms with Crippen molar-refractivity contribution in [2.75, 3.05) is 13.7 Å². The predicted molar refractivity (Wildman–Crippen MR) is 69.0 cm³/mol. The van der Waals surface area contributed by atoms with Gasteiger partial charge in [0.15, 0.2) is 0 Å². The molecule has 1 aromatic rings. The molecule has 0 spiro atoms. The molecule has 0 aliphatic carbocycles. The quantitative estimate of drug-likeness (QED) is 0.823. The molecule has 2 N–H and O–H groups in total. The summed E-state index contributed by atoms with van der Waals surface area (Å²) >= 11 is 5.79. The number of benzene rings is 1. The Kier molecular flexibility index (Phi) is 5.89. The molecule has 4 heteroatoms. The van der Waals surface area contributed by atoms with E-state index < -0.39 is 0 Å². The van der Waals surface area contributed by atoms with Crippen molar-refractivity contribution in [3.05, 3.63) is 34.1 Å². The summed E-state index contributed by atoms with van der Waals surface area (Å²) in [4.78, 5) is 0. The molecule has 0 fully saturated rings. The summed E-state index contributed by atoms with van der Waals surface area (Å²) in [6.07, 6.45) is 2.67. The number of aryl methyl sites for hydroxylation is 2. The summed E-state index contributed by atoms with van der Waals surface area (Å²) in [5, 5.41) is 12.2. The number of aliphatic hydroxyl groups excluding tert-OH is 1. The summed E-state index contributed by atoms with van der Waals surface area (Å²) in [7, 11) is 1.83. The fourth-order valence-electron chi connectivity index (χ4n) is 1.82. The van der Waals surface area contributed by atoms with E-state index in [-0.39, 0.29) is 23.5 Å². The topological polar surface area (TPSA) is 32.3 Å². The first-order valence-electron chi connectivity index (χ1n) is 5.81. The zero-order valence-corrected chi connectivity index (χ0v) is 11.0. The Hall–Kier alpha value is -0.640. The maximum absolute atomic E-state index is 13.3. The van der Waals surface area contributed by atoms with Gasteiger partial charge < -0.3 is 10.4 Å². The third-order valence-electron chi connectivity index (χ3n) is 2.92. The number of likely N-dealkylation sites (N-methyl/N-ethyl adjacent to an activating group) is 1. The molecule has 96 valence electrons.